The Morgan fingerprint density at radius 1 is 1.18 bits per heavy atom. The molecule has 0 heterocycles. The summed E-state index contributed by atoms with van der Waals surface area (Å²) in [5.41, 5.74) is 0. The van der Waals surface area contributed by atoms with E-state index in [4.69, 9.17) is 15.3 Å². The van der Waals surface area contributed by atoms with Gasteiger partial charge >= 0.3 is 0 Å². The summed E-state index contributed by atoms with van der Waals surface area (Å²) >= 11 is 0. The largest absolute Gasteiger partial charge is 0.396 e. The second-order valence-corrected chi connectivity index (χ2v) is 3.30. The molecule has 3 N–H and O–H groups in total. The molecule has 1 fully saturated rings. The van der Waals surface area contributed by atoms with Crippen LogP contribution >= 0.6 is 0 Å². The summed E-state index contributed by atoms with van der Waals surface area (Å²) in [6.45, 7) is 0.0856. The summed E-state index contributed by atoms with van der Waals surface area (Å²) < 4.78 is 0. The van der Waals surface area contributed by atoms with Crippen LogP contribution in [0.2, 0.25) is 0 Å². The Kier molecular flexibility index (Phi) is 3.30. The van der Waals surface area contributed by atoms with E-state index in [9.17, 15) is 0 Å². The Bertz CT molecular complexity index is 114. The van der Waals surface area contributed by atoms with E-state index in [1.54, 1.807) is 0 Å². The van der Waals surface area contributed by atoms with Gasteiger partial charge in [-0.25, -0.2) is 0 Å². The van der Waals surface area contributed by atoms with Crippen LogP contribution < -0.4 is 0 Å². The van der Waals surface area contributed by atoms with E-state index in [-0.39, 0.29) is 18.4 Å². The lowest BCUT2D eigenvalue weighted by Gasteiger charge is -2.31. The van der Waals surface area contributed by atoms with E-state index < -0.39 is 6.29 Å². The number of aliphatic hydroxyl groups is 3. The first-order chi connectivity index (χ1) is 5.25. The Morgan fingerprint density at radius 2 is 1.82 bits per heavy atom. The summed E-state index contributed by atoms with van der Waals surface area (Å²) in [5.74, 6) is -0.00231. The van der Waals surface area contributed by atoms with Gasteiger partial charge in [-0.15, -0.1) is 0 Å². The molecule has 0 amide bonds. The number of hydrogen-bond donors (Lipinski definition) is 3. The van der Waals surface area contributed by atoms with Crippen LogP contribution in [0.3, 0.4) is 0 Å². The predicted octanol–water partition coefficient (Wildman–Crippen LogP) is 0.0958. The molecule has 0 saturated heterocycles. The number of hydrogen-bond acceptors (Lipinski definition) is 3. The van der Waals surface area contributed by atoms with E-state index in [1.165, 1.54) is 0 Å². The maximum atomic E-state index is 8.92. The van der Waals surface area contributed by atoms with Crippen molar-refractivity contribution in [3.63, 3.8) is 0 Å². The number of rotatable bonds is 2. The van der Waals surface area contributed by atoms with Crippen molar-refractivity contribution >= 4 is 0 Å². The third kappa shape index (κ3) is 2.15. The van der Waals surface area contributed by atoms with Gasteiger partial charge in [-0.05, 0) is 18.8 Å². The molecular weight excluding hydrogens is 144 g/mol. The third-order valence-electron chi connectivity index (χ3n) is 2.59. The molecule has 3 nitrogen and oxygen atoms in total. The second kappa shape index (κ2) is 4.04. The highest BCUT2D eigenvalue weighted by Gasteiger charge is 2.28. The van der Waals surface area contributed by atoms with Gasteiger partial charge in [-0.3, -0.25) is 0 Å². The highest BCUT2D eigenvalue weighted by atomic mass is 16.5. The van der Waals surface area contributed by atoms with E-state index in [1.807, 2.05) is 0 Å². The molecule has 3 heteroatoms. The molecule has 0 aromatic rings. The molecule has 1 saturated carbocycles. The maximum Gasteiger partial charge on any atom is 0.154 e. The molecule has 0 aromatic carbocycles. The standard InChI is InChI=1S/C8H16O3/c9-5-6-3-1-2-4-7(6)8(10)11/h6-11H,1-5H2. The fourth-order valence-corrected chi connectivity index (χ4v) is 1.86. The summed E-state index contributed by atoms with van der Waals surface area (Å²) in [5, 5.41) is 26.7. The summed E-state index contributed by atoms with van der Waals surface area (Å²) in [7, 11) is 0. The minimum Gasteiger partial charge on any atom is -0.396 e. The van der Waals surface area contributed by atoms with Crippen LogP contribution in [0.5, 0.6) is 0 Å². The smallest absolute Gasteiger partial charge is 0.154 e. The van der Waals surface area contributed by atoms with Crippen molar-refractivity contribution in [1.29, 1.82) is 0 Å². The molecule has 11 heavy (non-hydrogen) atoms. The van der Waals surface area contributed by atoms with Gasteiger partial charge in [-0.1, -0.05) is 12.8 Å². The van der Waals surface area contributed by atoms with E-state index >= 15 is 0 Å². The fourth-order valence-electron chi connectivity index (χ4n) is 1.86. The average molecular weight is 160 g/mol. The van der Waals surface area contributed by atoms with Crippen LogP contribution in [0.1, 0.15) is 25.7 Å². The van der Waals surface area contributed by atoms with E-state index in [2.05, 4.69) is 0 Å². The zero-order valence-corrected chi connectivity index (χ0v) is 6.61. The van der Waals surface area contributed by atoms with Crippen LogP contribution in [-0.4, -0.2) is 28.2 Å². The Balaban J connectivity index is 2.44. The Hall–Kier alpha value is -0.120. The van der Waals surface area contributed by atoms with Gasteiger partial charge in [0.2, 0.25) is 0 Å². The van der Waals surface area contributed by atoms with Crippen molar-refractivity contribution in [3.05, 3.63) is 0 Å². The summed E-state index contributed by atoms with van der Waals surface area (Å²) in [6, 6.07) is 0. The Morgan fingerprint density at radius 3 is 2.27 bits per heavy atom. The summed E-state index contributed by atoms with van der Waals surface area (Å²) in [6.07, 6.45) is 2.68. The zero-order chi connectivity index (χ0) is 8.27. The van der Waals surface area contributed by atoms with Gasteiger partial charge in [-0.2, -0.15) is 0 Å². The van der Waals surface area contributed by atoms with Crippen molar-refractivity contribution in [3.8, 4) is 0 Å². The van der Waals surface area contributed by atoms with E-state index in [0.717, 1.165) is 25.7 Å². The molecular formula is C8H16O3. The molecule has 66 valence electrons. The normalized spacial score (nSPS) is 32.7. The fraction of sp³-hybridized carbons (Fsp3) is 1.00. The maximum absolute atomic E-state index is 8.92. The topological polar surface area (TPSA) is 60.7 Å². The molecule has 0 spiro atoms. The molecule has 1 rings (SSSR count). The molecule has 2 unspecified atom stereocenters. The lowest BCUT2D eigenvalue weighted by atomic mass is 9.79. The van der Waals surface area contributed by atoms with Crippen molar-refractivity contribution in [2.75, 3.05) is 6.61 Å². The minimum absolute atomic E-state index is 0.0856. The molecule has 1 aliphatic carbocycles. The van der Waals surface area contributed by atoms with Crippen molar-refractivity contribution in [2.45, 2.75) is 32.0 Å². The predicted molar refractivity (Wildman–Crippen MR) is 40.8 cm³/mol. The lowest BCUT2D eigenvalue weighted by molar-refractivity contribution is -0.116. The van der Waals surface area contributed by atoms with Crippen LogP contribution in [0.15, 0.2) is 0 Å². The monoisotopic (exact) mass is 160 g/mol. The molecule has 1 aliphatic rings. The van der Waals surface area contributed by atoms with Crippen LogP contribution in [-0.2, 0) is 0 Å². The average Bonchev–Trinajstić information content (AvgIpc) is 2.04. The highest BCUT2D eigenvalue weighted by molar-refractivity contribution is 4.75. The van der Waals surface area contributed by atoms with Crippen molar-refractivity contribution in [2.24, 2.45) is 11.8 Å². The van der Waals surface area contributed by atoms with Gasteiger partial charge in [0, 0.05) is 12.5 Å². The van der Waals surface area contributed by atoms with Crippen LogP contribution in [0, 0.1) is 11.8 Å². The van der Waals surface area contributed by atoms with Gasteiger partial charge in [0.25, 0.3) is 0 Å². The molecule has 0 bridgehead atoms. The minimum atomic E-state index is -1.24. The third-order valence-corrected chi connectivity index (χ3v) is 2.59. The number of aliphatic hydroxyl groups excluding tert-OH is 2. The van der Waals surface area contributed by atoms with E-state index in [0.29, 0.717) is 0 Å². The van der Waals surface area contributed by atoms with Crippen LogP contribution in [0.25, 0.3) is 0 Å². The molecule has 0 aliphatic heterocycles. The molecule has 0 radical (unpaired) electrons. The first-order valence-corrected chi connectivity index (χ1v) is 4.22. The first-order valence-electron chi connectivity index (χ1n) is 4.22. The quantitative estimate of drug-likeness (QED) is 0.502. The lowest BCUT2D eigenvalue weighted by Crippen LogP contribution is -2.32. The highest BCUT2D eigenvalue weighted by Crippen LogP contribution is 2.31. The molecule has 2 atom stereocenters. The van der Waals surface area contributed by atoms with Crippen molar-refractivity contribution in [1.82, 2.24) is 0 Å². The first kappa shape index (κ1) is 8.97. The van der Waals surface area contributed by atoms with Gasteiger partial charge < -0.3 is 15.3 Å². The molecule has 0 aromatic heterocycles. The zero-order valence-electron chi connectivity index (χ0n) is 6.61. The Labute approximate surface area is 66.7 Å². The van der Waals surface area contributed by atoms with Gasteiger partial charge in [0.15, 0.2) is 6.29 Å². The van der Waals surface area contributed by atoms with Crippen molar-refractivity contribution < 1.29 is 15.3 Å². The second-order valence-electron chi connectivity index (χ2n) is 3.30. The van der Waals surface area contributed by atoms with Crippen LogP contribution in [0.4, 0.5) is 0 Å². The SMILES string of the molecule is OCC1CCCCC1C(O)O. The summed E-state index contributed by atoms with van der Waals surface area (Å²) in [4.78, 5) is 0. The van der Waals surface area contributed by atoms with Gasteiger partial charge in [0.1, 0.15) is 0 Å². The van der Waals surface area contributed by atoms with Gasteiger partial charge in [0.05, 0.1) is 0 Å².